The molecular formula is C34H48O6. The van der Waals surface area contributed by atoms with E-state index < -0.39 is 0 Å². The summed E-state index contributed by atoms with van der Waals surface area (Å²) in [4.78, 5) is 37.2. The highest BCUT2D eigenvalue weighted by Crippen LogP contribution is 2.69. The van der Waals surface area contributed by atoms with Gasteiger partial charge in [-0.15, -0.1) is 0 Å². The Balaban J connectivity index is 1.44. The van der Waals surface area contributed by atoms with E-state index >= 15 is 0 Å². The van der Waals surface area contributed by atoms with Gasteiger partial charge in [0.15, 0.2) is 0 Å². The van der Waals surface area contributed by atoms with Crippen molar-refractivity contribution in [2.24, 2.45) is 46.3 Å². The van der Waals surface area contributed by atoms with Crippen molar-refractivity contribution in [2.75, 3.05) is 7.11 Å². The third-order valence-corrected chi connectivity index (χ3v) is 12.1. The molecular weight excluding hydrogens is 504 g/mol. The van der Waals surface area contributed by atoms with Gasteiger partial charge in [0.05, 0.1) is 12.7 Å². The predicted octanol–water partition coefficient (Wildman–Crippen LogP) is 7.00. The summed E-state index contributed by atoms with van der Waals surface area (Å²) < 4.78 is 17.2. The molecule has 0 amide bonds. The highest BCUT2D eigenvalue weighted by Gasteiger charge is 2.65. The number of methoxy groups -OCH3 is 1. The molecule has 0 unspecified atom stereocenters. The molecule has 0 spiro atoms. The number of esters is 3. The van der Waals surface area contributed by atoms with Crippen LogP contribution in [-0.4, -0.2) is 37.2 Å². The van der Waals surface area contributed by atoms with Gasteiger partial charge in [0.2, 0.25) is 0 Å². The lowest BCUT2D eigenvalue weighted by Gasteiger charge is -2.62. The first-order valence-electron chi connectivity index (χ1n) is 15.6. The number of fused-ring (bicyclic) bond motifs is 5. The Morgan fingerprint density at radius 1 is 0.950 bits per heavy atom. The summed E-state index contributed by atoms with van der Waals surface area (Å²) in [7, 11) is 1.46. The number of carbonyl (C=O) groups is 3. The number of hydrogen-bond donors (Lipinski definition) is 0. The summed E-state index contributed by atoms with van der Waals surface area (Å²) in [6, 6.07) is 9.38. The Hall–Kier alpha value is -2.37. The molecule has 0 heterocycles. The van der Waals surface area contributed by atoms with Crippen molar-refractivity contribution >= 4 is 17.9 Å². The first-order chi connectivity index (χ1) is 19.1. The van der Waals surface area contributed by atoms with Crippen molar-refractivity contribution in [1.29, 1.82) is 0 Å². The van der Waals surface area contributed by atoms with Crippen LogP contribution < -0.4 is 0 Å². The molecule has 1 aromatic carbocycles. The Morgan fingerprint density at radius 3 is 2.40 bits per heavy atom. The fourth-order valence-electron chi connectivity index (χ4n) is 10.1. The molecule has 0 bridgehead atoms. The van der Waals surface area contributed by atoms with Crippen LogP contribution in [0.4, 0.5) is 0 Å². The van der Waals surface area contributed by atoms with Gasteiger partial charge in [-0.3, -0.25) is 9.59 Å². The zero-order chi connectivity index (χ0) is 28.7. The second kappa shape index (κ2) is 11.5. The zero-order valence-corrected chi connectivity index (χ0v) is 25.0. The summed E-state index contributed by atoms with van der Waals surface area (Å²) in [5.41, 5.74) is 0.638. The number of rotatable bonds is 7. The number of benzene rings is 1. The number of hydrogen-bond acceptors (Lipinski definition) is 6. The smallest absolute Gasteiger partial charge is 0.338 e. The largest absolute Gasteiger partial charge is 0.469 e. The molecule has 10 atom stereocenters. The Morgan fingerprint density at radius 2 is 1.70 bits per heavy atom. The average molecular weight is 553 g/mol. The molecule has 0 aliphatic heterocycles. The van der Waals surface area contributed by atoms with Crippen molar-refractivity contribution < 1.29 is 28.6 Å². The zero-order valence-electron chi connectivity index (χ0n) is 25.0. The molecule has 0 radical (unpaired) electrons. The van der Waals surface area contributed by atoms with Crippen LogP contribution in [0.3, 0.4) is 0 Å². The second-order valence-corrected chi connectivity index (χ2v) is 13.8. The summed E-state index contributed by atoms with van der Waals surface area (Å²) >= 11 is 0. The average Bonchev–Trinajstić information content (AvgIpc) is 3.30. The normalized spacial score (nSPS) is 39.2. The van der Waals surface area contributed by atoms with E-state index in [0.29, 0.717) is 47.5 Å². The van der Waals surface area contributed by atoms with Crippen LogP contribution >= 0.6 is 0 Å². The topological polar surface area (TPSA) is 78.9 Å². The van der Waals surface area contributed by atoms with Gasteiger partial charge in [0, 0.05) is 18.8 Å². The van der Waals surface area contributed by atoms with Crippen molar-refractivity contribution in [3.63, 3.8) is 0 Å². The Labute approximate surface area is 239 Å². The molecule has 0 N–H and O–H groups in total. The van der Waals surface area contributed by atoms with E-state index in [1.807, 2.05) is 30.3 Å². The maximum absolute atomic E-state index is 13.5. The van der Waals surface area contributed by atoms with Gasteiger partial charge in [0.1, 0.15) is 12.2 Å². The molecule has 6 heteroatoms. The van der Waals surface area contributed by atoms with Gasteiger partial charge in [-0.1, -0.05) is 39.0 Å². The number of ether oxygens (including phenoxy) is 3. The van der Waals surface area contributed by atoms with Gasteiger partial charge in [-0.05, 0) is 111 Å². The van der Waals surface area contributed by atoms with E-state index in [9.17, 15) is 14.4 Å². The molecule has 0 aromatic heterocycles. The third kappa shape index (κ3) is 5.20. The van der Waals surface area contributed by atoms with Crippen LogP contribution in [-0.2, 0) is 23.8 Å². The van der Waals surface area contributed by atoms with Gasteiger partial charge in [0.25, 0.3) is 0 Å². The minimum absolute atomic E-state index is 0.0270. The highest BCUT2D eigenvalue weighted by atomic mass is 16.5. The van der Waals surface area contributed by atoms with E-state index in [2.05, 4.69) is 20.8 Å². The Kier molecular flexibility index (Phi) is 8.37. The second-order valence-electron chi connectivity index (χ2n) is 13.8. The van der Waals surface area contributed by atoms with Crippen LogP contribution in [0.15, 0.2) is 30.3 Å². The summed E-state index contributed by atoms with van der Waals surface area (Å²) in [6.07, 6.45) is 9.54. The molecule has 4 aliphatic rings. The van der Waals surface area contributed by atoms with E-state index in [1.165, 1.54) is 26.9 Å². The van der Waals surface area contributed by atoms with Crippen molar-refractivity contribution in [2.45, 2.75) is 104 Å². The molecule has 5 rings (SSSR count). The van der Waals surface area contributed by atoms with Crippen LogP contribution in [0.5, 0.6) is 0 Å². The molecule has 1 aromatic rings. The van der Waals surface area contributed by atoms with Gasteiger partial charge < -0.3 is 14.2 Å². The molecule has 6 nitrogen and oxygen atoms in total. The lowest BCUT2D eigenvalue weighted by Crippen LogP contribution is -2.59. The number of carbonyl (C=O) groups excluding carboxylic acids is 3. The van der Waals surface area contributed by atoms with Gasteiger partial charge >= 0.3 is 17.9 Å². The molecule has 40 heavy (non-hydrogen) atoms. The third-order valence-electron chi connectivity index (χ3n) is 12.1. The lowest BCUT2D eigenvalue weighted by atomic mass is 9.43. The molecule has 4 fully saturated rings. The fraction of sp³-hybridized carbons (Fsp3) is 0.735. The van der Waals surface area contributed by atoms with Gasteiger partial charge in [-0.2, -0.15) is 0 Å². The quantitative estimate of drug-likeness (QED) is 0.268. The van der Waals surface area contributed by atoms with E-state index in [4.69, 9.17) is 14.2 Å². The first-order valence-corrected chi connectivity index (χ1v) is 15.6. The van der Waals surface area contributed by atoms with E-state index in [1.54, 1.807) is 0 Å². The van der Waals surface area contributed by atoms with Crippen LogP contribution in [0.25, 0.3) is 0 Å². The molecule has 0 saturated heterocycles. The monoisotopic (exact) mass is 552 g/mol. The SMILES string of the molecule is COC(=O)CC[C@@H](C)[C@H]1CC[C@H]2[C@@H]3CC[C@@H]4C[C@H](OC(C)=O)CC[C@]4(C)[C@H]3C[C@H](OC(=O)c3ccccc3)[C@]12C. The maximum atomic E-state index is 13.5. The standard InChI is InChI=1S/C34H48O6/c1-21(11-16-31(36)38-5)27-14-15-28-26-13-12-24-19-25(39-22(2)35)17-18-33(24,3)29(26)20-30(34(27,28)4)40-32(37)23-9-7-6-8-10-23/h6-10,21,24-30H,11-20H2,1-5H3/t21-,24-,25-,26+,27-,28+,29+,30+,33+,34-/m1/s1. The molecule has 4 saturated carbocycles. The molecule has 4 aliphatic carbocycles. The van der Waals surface area contributed by atoms with E-state index in [0.717, 1.165) is 44.9 Å². The van der Waals surface area contributed by atoms with Crippen LogP contribution in [0.2, 0.25) is 0 Å². The first kappa shape index (κ1) is 29.1. The van der Waals surface area contributed by atoms with Crippen LogP contribution in [0, 0.1) is 46.3 Å². The lowest BCUT2D eigenvalue weighted by molar-refractivity contribution is -0.181. The summed E-state index contributed by atoms with van der Waals surface area (Å²) in [5.74, 6) is 2.29. The molecule has 220 valence electrons. The maximum Gasteiger partial charge on any atom is 0.338 e. The van der Waals surface area contributed by atoms with Crippen molar-refractivity contribution in [3.8, 4) is 0 Å². The highest BCUT2D eigenvalue weighted by molar-refractivity contribution is 5.89. The summed E-state index contributed by atoms with van der Waals surface area (Å²) in [5, 5.41) is 0. The minimum atomic E-state index is -0.229. The predicted molar refractivity (Wildman–Crippen MR) is 152 cm³/mol. The van der Waals surface area contributed by atoms with E-state index in [-0.39, 0.29) is 40.9 Å². The van der Waals surface area contributed by atoms with Crippen molar-refractivity contribution in [1.82, 2.24) is 0 Å². The minimum Gasteiger partial charge on any atom is -0.469 e. The Bertz CT molecular complexity index is 1090. The van der Waals surface area contributed by atoms with Crippen LogP contribution in [0.1, 0.15) is 102 Å². The van der Waals surface area contributed by atoms with Crippen molar-refractivity contribution in [3.05, 3.63) is 35.9 Å². The summed E-state index contributed by atoms with van der Waals surface area (Å²) in [6.45, 7) is 8.66. The van der Waals surface area contributed by atoms with Gasteiger partial charge in [-0.25, -0.2) is 4.79 Å². The fourth-order valence-corrected chi connectivity index (χ4v) is 10.1.